The Balaban J connectivity index is 2.13. The fourth-order valence-electron chi connectivity index (χ4n) is 2.29. The molecule has 25 heavy (non-hydrogen) atoms. The summed E-state index contributed by atoms with van der Waals surface area (Å²) >= 11 is 0. The highest BCUT2D eigenvalue weighted by molar-refractivity contribution is 6.02. The van der Waals surface area contributed by atoms with Crippen LogP contribution in [0.4, 0.5) is 11.5 Å². The van der Waals surface area contributed by atoms with Gasteiger partial charge in [-0.3, -0.25) is 9.59 Å². The average Bonchev–Trinajstić information content (AvgIpc) is 2.60. The molecule has 0 bridgehead atoms. The fourth-order valence-corrected chi connectivity index (χ4v) is 2.29. The van der Waals surface area contributed by atoms with E-state index in [0.717, 1.165) is 0 Å². The number of para-hydroxylation sites is 1. The highest BCUT2D eigenvalue weighted by Gasteiger charge is 2.25. The van der Waals surface area contributed by atoms with Crippen molar-refractivity contribution in [2.45, 2.75) is 19.9 Å². The minimum Gasteiger partial charge on any atom is -0.496 e. The predicted octanol–water partition coefficient (Wildman–Crippen LogP) is 2.07. The largest absolute Gasteiger partial charge is 0.496 e. The number of carbonyl (C=O) groups is 2. The Labute approximate surface area is 146 Å². The van der Waals surface area contributed by atoms with Gasteiger partial charge in [-0.25, -0.2) is 4.98 Å². The second kappa shape index (κ2) is 8.14. The van der Waals surface area contributed by atoms with E-state index in [2.05, 4.69) is 15.6 Å². The van der Waals surface area contributed by atoms with E-state index < -0.39 is 6.04 Å². The highest BCUT2D eigenvalue weighted by atomic mass is 16.5. The molecule has 1 aromatic carbocycles. The van der Waals surface area contributed by atoms with E-state index in [-0.39, 0.29) is 17.7 Å². The Morgan fingerprint density at radius 2 is 1.88 bits per heavy atom. The average molecular weight is 342 g/mol. The molecular weight excluding hydrogens is 320 g/mol. The van der Waals surface area contributed by atoms with Gasteiger partial charge in [-0.2, -0.15) is 0 Å². The Kier molecular flexibility index (Phi) is 5.94. The van der Waals surface area contributed by atoms with Crippen LogP contribution in [0.3, 0.4) is 0 Å². The van der Waals surface area contributed by atoms with Crippen LogP contribution in [0, 0.1) is 5.92 Å². The standard InChI is InChI=1S/C18H22N4O3/c1-11(2)16(18(24)21-12-8-9-15(19)20-10-12)22-17(23)13-6-4-5-7-14(13)25-3/h4-11,16H,1-3H3,(H2,19,20)(H,21,24)(H,22,23). The molecule has 1 atom stereocenters. The smallest absolute Gasteiger partial charge is 0.255 e. The van der Waals surface area contributed by atoms with Gasteiger partial charge in [0.05, 0.1) is 24.6 Å². The lowest BCUT2D eigenvalue weighted by Crippen LogP contribution is -2.47. The van der Waals surface area contributed by atoms with Crippen molar-refractivity contribution in [3.05, 3.63) is 48.2 Å². The number of hydrogen-bond donors (Lipinski definition) is 3. The molecule has 132 valence electrons. The molecule has 2 amide bonds. The Hall–Kier alpha value is -3.09. The van der Waals surface area contributed by atoms with Gasteiger partial charge in [-0.1, -0.05) is 26.0 Å². The number of hydrogen-bond acceptors (Lipinski definition) is 5. The fraction of sp³-hybridized carbons (Fsp3) is 0.278. The monoisotopic (exact) mass is 342 g/mol. The van der Waals surface area contributed by atoms with Crippen molar-refractivity contribution in [3.8, 4) is 5.75 Å². The van der Waals surface area contributed by atoms with E-state index in [0.29, 0.717) is 22.8 Å². The SMILES string of the molecule is COc1ccccc1C(=O)NC(C(=O)Nc1ccc(N)nc1)C(C)C. The van der Waals surface area contributed by atoms with E-state index in [4.69, 9.17) is 10.5 Å². The van der Waals surface area contributed by atoms with Crippen molar-refractivity contribution in [1.29, 1.82) is 0 Å². The maximum absolute atomic E-state index is 12.5. The predicted molar refractivity (Wildman–Crippen MR) is 96.4 cm³/mol. The summed E-state index contributed by atoms with van der Waals surface area (Å²) < 4.78 is 5.19. The van der Waals surface area contributed by atoms with Gasteiger partial charge in [-0.15, -0.1) is 0 Å². The van der Waals surface area contributed by atoms with E-state index >= 15 is 0 Å². The number of benzene rings is 1. The van der Waals surface area contributed by atoms with Gasteiger partial charge >= 0.3 is 0 Å². The zero-order valence-corrected chi connectivity index (χ0v) is 14.4. The third-order valence-electron chi connectivity index (χ3n) is 3.64. The van der Waals surface area contributed by atoms with Crippen LogP contribution in [0.2, 0.25) is 0 Å². The van der Waals surface area contributed by atoms with Crippen molar-refractivity contribution in [3.63, 3.8) is 0 Å². The van der Waals surface area contributed by atoms with Crippen molar-refractivity contribution in [2.24, 2.45) is 5.92 Å². The summed E-state index contributed by atoms with van der Waals surface area (Å²) in [6.45, 7) is 3.71. The van der Waals surface area contributed by atoms with Crippen LogP contribution in [-0.4, -0.2) is 29.9 Å². The number of ether oxygens (including phenoxy) is 1. The van der Waals surface area contributed by atoms with Crippen LogP contribution in [0.1, 0.15) is 24.2 Å². The lowest BCUT2D eigenvalue weighted by molar-refractivity contribution is -0.118. The molecule has 0 saturated heterocycles. The van der Waals surface area contributed by atoms with Gasteiger partial charge in [0.2, 0.25) is 5.91 Å². The van der Waals surface area contributed by atoms with Crippen molar-refractivity contribution < 1.29 is 14.3 Å². The van der Waals surface area contributed by atoms with Gasteiger partial charge in [0, 0.05) is 0 Å². The molecule has 0 spiro atoms. The van der Waals surface area contributed by atoms with Crippen LogP contribution in [0.15, 0.2) is 42.6 Å². The van der Waals surface area contributed by atoms with Crippen molar-refractivity contribution in [2.75, 3.05) is 18.2 Å². The number of anilines is 2. The zero-order valence-electron chi connectivity index (χ0n) is 14.4. The molecule has 1 unspecified atom stereocenters. The minimum absolute atomic E-state index is 0.111. The van der Waals surface area contributed by atoms with Gasteiger partial charge in [0.15, 0.2) is 0 Å². The van der Waals surface area contributed by atoms with E-state index in [1.54, 1.807) is 36.4 Å². The van der Waals surface area contributed by atoms with E-state index in [9.17, 15) is 9.59 Å². The maximum Gasteiger partial charge on any atom is 0.255 e. The maximum atomic E-state index is 12.5. The number of nitrogen functional groups attached to an aromatic ring is 1. The third kappa shape index (κ3) is 4.69. The Bertz CT molecular complexity index is 744. The van der Waals surface area contributed by atoms with Crippen LogP contribution < -0.4 is 21.1 Å². The van der Waals surface area contributed by atoms with Crippen molar-refractivity contribution >= 4 is 23.3 Å². The van der Waals surface area contributed by atoms with Crippen LogP contribution in [-0.2, 0) is 4.79 Å². The summed E-state index contributed by atoms with van der Waals surface area (Å²) in [7, 11) is 1.49. The molecule has 0 aliphatic heterocycles. The molecule has 4 N–H and O–H groups in total. The molecule has 0 fully saturated rings. The van der Waals surface area contributed by atoms with Crippen LogP contribution in [0.5, 0.6) is 5.75 Å². The van der Waals surface area contributed by atoms with Crippen molar-refractivity contribution in [1.82, 2.24) is 10.3 Å². The molecule has 0 aliphatic carbocycles. The number of amides is 2. The number of rotatable bonds is 6. The summed E-state index contributed by atoms with van der Waals surface area (Å²) in [4.78, 5) is 29.0. The summed E-state index contributed by atoms with van der Waals surface area (Å²) in [5.74, 6) is 0.000446. The second-order valence-electron chi connectivity index (χ2n) is 5.86. The highest BCUT2D eigenvalue weighted by Crippen LogP contribution is 2.18. The number of nitrogens with zero attached hydrogens (tertiary/aromatic N) is 1. The van der Waals surface area contributed by atoms with Crippen LogP contribution >= 0.6 is 0 Å². The molecule has 0 radical (unpaired) electrons. The summed E-state index contributed by atoms with van der Waals surface area (Å²) in [6, 6.07) is 9.38. The lowest BCUT2D eigenvalue weighted by atomic mass is 10.0. The number of nitrogens with one attached hydrogen (secondary N) is 2. The summed E-state index contributed by atoms with van der Waals surface area (Å²) in [6.07, 6.45) is 1.46. The van der Waals surface area contributed by atoms with Gasteiger partial charge in [0.25, 0.3) is 5.91 Å². The summed E-state index contributed by atoms with van der Waals surface area (Å²) in [5.41, 5.74) is 6.41. The molecule has 2 aromatic rings. The molecule has 2 rings (SSSR count). The number of pyridine rings is 1. The number of carbonyl (C=O) groups excluding carboxylic acids is 2. The Morgan fingerprint density at radius 1 is 1.16 bits per heavy atom. The number of nitrogens with two attached hydrogens (primary N) is 1. The molecule has 0 aliphatic rings. The molecule has 7 heteroatoms. The van der Waals surface area contributed by atoms with Gasteiger partial charge < -0.3 is 21.1 Å². The topological polar surface area (TPSA) is 106 Å². The van der Waals surface area contributed by atoms with E-state index in [1.807, 2.05) is 13.8 Å². The molecule has 0 saturated carbocycles. The molecule has 1 heterocycles. The first-order valence-electron chi connectivity index (χ1n) is 7.88. The quantitative estimate of drug-likeness (QED) is 0.745. The zero-order chi connectivity index (χ0) is 18.4. The summed E-state index contributed by atoms with van der Waals surface area (Å²) in [5, 5.41) is 5.50. The first-order valence-corrected chi connectivity index (χ1v) is 7.88. The minimum atomic E-state index is -0.713. The molecule has 1 aromatic heterocycles. The second-order valence-corrected chi connectivity index (χ2v) is 5.86. The Morgan fingerprint density at radius 3 is 2.48 bits per heavy atom. The third-order valence-corrected chi connectivity index (χ3v) is 3.64. The first-order chi connectivity index (χ1) is 11.9. The molecule has 7 nitrogen and oxygen atoms in total. The van der Waals surface area contributed by atoms with Crippen LogP contribution in [0.25, 0.3) is 0 Å². The first kappa shape index (κ1) is 18.3. The normalized spacial score (nSPS) is 11.7. The van der Waals surface area contributed by atoms with E-state index in [1.165, 1.54) is 13.3 Å². The number of methoxy groups -OCH3 is 1. The molecular formula is C18H22N4O3. The van der Waals surface area contributed by atoms with Gasteiger partial charge in [-0.05, 0) is 30.2 Å². The van der Waals surface area contributed by atoms with Gasteiger partial charge in [0.1, 0.15) is 17.6 Å². The number of aromatic nitrogens is 1. The lowest BCUT2D eigenvalue weighted by Gasteiger charge is -2.22.